The Morgan fingerprint density at radius 1 is 0.758 bits per heavy atom. The van der Waals surface area contributed by atoms with Gasteiger partial charge in [0.15, 0.2) is 0 Å². The molecule has 0 radical (unpaired) electrons. The average Bonchev–Trinajstić information content (AvgIpc) is 3.67. The Hall–Kier alpha value is -3.53. The third-order valence-electron chi connectivity index (χ3n) is 18.9. The molecular formula is C53H76N4O5. The highest BCUT2D eigenvalue weighted by Gasteiger charge is 2.71. The number of carbonyl (C=O) groups is 3. The van der Waals surface area contributed by atoms with Gasteiger partial charge in [0.25, 0.3) is 11.8 Å². The summed E-state index contributed by atoms with van der Waals surface area (Å²) < 4.78 is 5.40. The lowest BCUT2D eigenvalue weighted by Crippen LogP contribution is -2.67. The molecule has 62 heavy (non-hydrogen) atoms. The van der Waals surface area contributed by atoms with Crippen LogP contribution in [0.1, 0.15) is 138 Å². The van der Waals surface area contributed by atoms with E-state index >= 15 is 0 Å². The van der Waals surface area contributed by atoms with Crippen molar-refractivity contribution < 1.29 is 24.2 Å². The van der Waals surface area contributed by atoms with Crippen LogP contribution in [0.5, 0.6) is 0 Å². The van der Waals surface area contributed by atoms with Crippen molar-refractivity contribution in [2.45, 2.75) is 125 Å². The van der Waals surface area contributed by atoms with E-state index in [4.69, 9.17) is 4.74 Å². The first-order valence-corrected chi connectivity index (χ1v) is 24.2. The predicted octanol–water partition coefficient (Wildman–Crippen LogP) is 8.36. The molecule has 2 aromatic rings. The lowest BCUT2D eigenvalue weighted by Gasteiger charge is -2.72. The standard InChI is InChI=1S/C53H76N4O5/c1-35(2)40-17-23-53(25-24-51(6)41(45(40)53)15-16-43-50(5)21-19-44(58)49(3,4)42(50)18-22-52(43,51)7)48(61)55-26-20-36-9-8-10-39(33-36)47(60)56-34-37-11-13-38(14-12-37)46(59)54-27-28-57-29-31-62-32-30-57/h8-14,33,40-45,58H,1,15-32,34H2,2-7H3,(H,54,59)(H,55,61)(H,56,60)/t40-,41?,42?,43?,44-,45?,50-,51+,52+,53-/m0/s1. The molecule has 9 heteroatoms. The number of hydrogen-bond acceptors (Lipinski definition) is 6. The van der Waals surface area contributed by atoms with Crippen molar-refractivity contribution in [2.75, 3.05) is 45.9 Å². The normalized spacial score (nSPS) is 36.2. The van der Waals surface area contributed by atoms with Crippen LogP contribution in [0.25, 0.3) is 0 Å². The summed E-state index contributed by atoms with van der Waals surface area (Å²) in [5.41, 5.74) is 4.52. The highest BCUT2D eigenvalue weighted by Crippen LogP contribution is 2.77. The minimum absolute atomic E-state index is 0.0596. The summed E-state index contributed by atoms with van der Waals surface area (Å²) in [6.45, 7) is 24.8. The minimum Gasteiger partial charge on any atom is -0.393 e. The molecule has 5 saturated carbocycles. The van der Waals surface area contributed by atoms with Crippen LogP contribution in [0.2, 0.25) is 0 Å². The van der Waals surface area contributed by atoms with Crippen LogP contribution in [0.4, 0.5) is 0 Å². The van der Waals surface area contributed by atoms with Crippen molar-refractivity contribution in [1.82, 2.24) is 20.9 Å². The number of morpholine rings is 1. The third kappa shape index (κ3) is 7.88. The summed E-state index contributed by atoms with van der Waals surface area (Å²) in [5.74, 6) is 2.30. The number of fused-ring (bicyclic) bond motifs is 7. The quantitative estimate of drug-likeness (QED) is 0.160. The zero-order valence-corrected chi connectivity index (χ0v) is 38.8. The number of amides is 3. The summed E-state index contributed by atoms with van der Waals surface area (Å²) in [7, 11) is 0. The number of aliphatic hydroxyl groups excluding tert-OH is 1. The van der Waals surface area contributed by atoms with Gasteiger partial charge in [-0.1, -0.05) is 71.0 Å². The van der Waals surface area contributed by atoms with E-state index in [-0.39, 0.29) is 50.9 Å². The fourth-order valence-corrected chi connectivity index (χ4v) is 15.2. The summed E-state index contributed by atoms with van der Waals surface area (Å²) in [4.78, 5) is 43.0. The SMILES string of the molecule is C=C(C)[C@@H]1CC[C@]2(C(=O)NCCc3cccc(C(=O)NCc4ccc(C(=O)NCCN5CCOCC5)cc4)c3)CC[C@]3(C)C(CCC4[C@@]5(C)CC[C@H](O)C(C)(C)C5CC[C@]43C)C12. The molecule has 6 fully saturated rings. The second-order valence-corrected chi connectivity index (χ2v) is 22.0. The van der Waals surface area contributed by atoms with Crippen LogP contribution in [-0.4, -0.2) is 79.8 Å². The Balaban J connectivity index is 0.871. The van der Waals surface area contributed by atoms with Crippen molar-refractivity contribution in [3.63, 3.8) is 0 Å². The number of ether oxygens (including phenoxy) is 1. The Labute approximate surface area is 372 Å². The molecule has 0 aromatic heterocycles. The summed E-state index contributed by atoms with van der Waals surface area (Å²) >= 11 is 0. The van der Waals surface area contributed by atoms with E-state index in [1.807, 2.05) is 36.4 Å². The van der Waals surface area contributed by atoms with Crippen molar-refractivity contribution in [1.29, 1.82) is 0 Å². The molecule has 2 aromatic carbocycles. The van der Waals surface area contributed by atoms with E-state index in [0.29, 0.717) is 66.8 Å². The number of allylic oxidation sites excluding steroid dienone is 1. The van der Waals surface area contributed by atoms with Gasteiger partial charge in [-0.15, -0.1) is 0 Å². The van der Waals surface area contributed by atoms with Crippen LogP contribution >= 0.6 is 0 Å². The largest absolute Gasteiger partial charge is 0.393 e. The van der Waals surface area contributed by atoms with E-state index in [1.165, 1.54) is 31.3 Å². The van der Waals surface area contributed by atoms with Crippen LogP contribution in [0.3, 0.4) is 0 Å². The predicted molar refractivity (Wildman–Crippen MR) is 245 cm³/mol. The van der Waals surface area contributed by atoms with E-state index in [0.717, 1.165) is 82.5 Å². The number of rotatable bonds is 12. The summed E-state index contributed by atoms with van der Waals surface area (Å²) in [6, 6.07) is 15.1. The highest BCUT2D eigenvalue weighted by molar-refractivity contribution is 5.95. The molecule has 1 saturated heterocycles. The molecule has 338 valence electrons. The van der Waals surface area contributed by atoms with Gasteiger partial charge >= 0.3 is 0 Å². The highest BCUT2D eigenvalue weighted by atomic mass is 16.5. The molecule has 0 spiro atoms. The van der Waals surface area contributed by atoms with E-state index in [2.05, 4.69) is 69.0 Å². The maximum absolute atomic E-state index is 14.7. The smallest absolute Gasteiger partial charge is 0.251 e. The Bertz CT molecular complexity index is 1990. The molecule has 1 heterocycles. The Morgan fingerprint density at radius 3 is 2.24 bits per heavy atom. The van der Waals surface area contributed by atoms with E-state index < -0.39 is 0 Å². The van der Waals surface area contributed by atoms with Crippen molar-refractivity contribution >= 4 is 17.7 Å². The van der Waals surface area contributed by atoms with Gasteiger partial charge in [0.1, 0.15) is 0 Å². The van der Waals surface area contributed by atoms with Crippen LogP contribution < -0.4 is 16.0 Å². The van der Waals surface area contributed by atoms with Gasteiger partial charge in [-0.05, 0) is 164 Å². The van der Waals surface area contributed by atoms with Gasteiger partial charge in [0, 0.05) is 50.4 Å². The molecule has 5 aliphatic carbocycles. The number of aliphatic hydroxyl groups is 1. The number of nitrogens with one attached hydrogen (secondary N) is 3. The summed E-state index contributed by atoms with van der Waals surface area (Å²) in [5, 5.41) is 20.7. The lowest BCUT2D eigenvalue weighted by atomic mass is 9.32. The molecule has 6 aliphatic rings. The third-order valence-corrected chi connectivity index (χ3v) is 18.9. The maximum Gasteiger partial charge on any atom is 0.251 e. The molecular weight excluding hydrogens is 773 g/mol. The van der Waals surface area contributed by atoms with Crippen molar-refractivity contribution in [2.24, 2.45) is 56.7 Å². The zero-order chi connectivity index (χ0) is 44.1. The molecule has 9 nitrogen and oxygen atoms in total. The van der Waals surface area contributed by atoms with Gasteiger partial charge in [-0.3, -0.25) is 19.3 Å². The first-order chi connectivity index (χ1) is 29.5. The van der Waals surface area contributed by atoms with Gasteiger partial charge in [-0.2, -0.15) is 0 Å². The van der Waals surface area contributed by atoms with Gasteiger partial charge < -0.3 is 25.8 Å². The van der Waals surface area contributed by atoms with Gasteiger partial charge in [0.2, 0.25) is 5.91 Å². The molecule has 3 amide bonds. The number of hydrogen-bond donors (Lipinski definition) is 4. The first kappa shape index (κ1) is 45.1. The molecule has 4 N–H and O–H groups in total. The molecule has 1 aliphatic heterocycles. The van der Waals surface area contributed by atoms with Gasteiger partial charge in [0.05, 0.1) is 24.7 Å². The van der Waals surface area contributed by atoms with Gasteiger partial charge in [-0.25, -0.2) is 0 Å². The number of benzene rings is 2. The molecule has 4 unspecified atom stereocenters. The molecule has 0 bridgehead atoms. The molecule has 10 atom stereocenters. The second kappa shape index (κ2) is 17.5. The lowest BCUT2D eigenvalue weighted by molar-refractivity contribution is -0.246. The van der Waals surface area contributed by atoms with Crippen LogP contribution in [0.15, 0.2) is 60.7 Å². The number of nitrogens with zero attached hydrogens (tertiary/aromatic N) is 1. The average molecular weight is 849 g/mol. The Kier molecular flexibility index (Phi) is 12.7. The fraction of sp³-hybridized carbons (Fsp3) is 0.679. The van der Waals surface area contributed by atoms with Crippen molar-refractivity contribution in [3.8, 4) is 0 Å². The van der Waals surface area contributed by atoms with Crippen LogP contribution in [-0.2, 0) is 22.5 Å². The number of carbonyl (C=O) groups excluding carboxylic acids is 3. The minimum atomic E-state index is -0.373. The topological polar surface area (TPSA) is 120 Å². The van der Waals surface area contributed by atoms with E-state index in [9.17, 15) is 19.5 Å². The zero-order valence-electron chi connectivity index (χ0n) is 38.8. The van der Waals surface area contributed by atoms with E-state index in [1.54, 1.807) is 12.1 Å². The Morgan fingerprint density at radius 2 is 1.50 bits per heavy atom. The first-order valence-electron chi connectivity index (χ1n) is 24.2. The summed E-state index contributed by atoms with van der Waals surface area (Å²) in [6.07, 6.45) is 11.3. The van der Waals surface area contributed by atoms with Crippen molar-refractivity contribution in [3.05, 3.63) is 82.9 Å². The van der Waals surface area contributed by atoms with Crippen LogP contribution in [0, 0.1) is 56.7 Å². The second-order valence-electron chi connectivity index (χ2n) is 22.0. The fourth-order valence-electron chi connectivity index (χ4n) is 15.2. The molecule has 8 rings (SSSR count). The monoisotopic (exact) mass is 849 g/mol. The maximum atomic E-state index is 14.7.